The van der Waals surface area contributed by atoms with Gasteiger partial charge in [-0.3, -0.25) is 4.98 Å². The molecular formula is C21H26FN5+2. The van der Waals surface area contributed by atoms with Gasteiger partial charge in [-0.25, -0.2) is 4.39 Å². The van der Waals surface area contributed by atoms with Crippen LogP contribution in [-0.2, 0) is 6.54 Å². The van der Waals surface area contributed by atoms with Gasteiger partial charge in [0.05, 0.1) is 11.8 Å². The highest BCUT2D eigenvalue weighted by Crippen LogP contribution is 2.17. The summed E-state index contributed by atoms with van der Waals surface area (Å²) in [6.07, 6.45) is 8.65. The Labute approximate surface area is 159 Å². The van der Waals surface area contributed by atoms with Crippen LogP contribution in [0.4, 0.5) is 4.39 Å². The topological polar surface area (TPSA) is 46.4 Å². The molecule has 140 valence electrons. The third-order valence-corrected chi connectivity index (χ3v) is 4.80. The summed E-state index contributed by atoms with van der Waals surface area (Å²) in [5.74, 6) is 0.117. The zero-order valence-corrected chi connectivity index (χ0v) is 16.2. The average molecular weight is 367 g/mol. The summed E-state index contributed by atoms with van der Waals surface area (Å²) >= 11 is 0. The van der Waals surface area contributed by atoms with Crippen molar-refractivity contribution < 1.29 is 13.8 Å². The van der Waals surface area contributed by atoms with E-state index in [-0.39, 0.29) is 17.8 Å². The van der Waals surface area contributed by atoms with Crippen LogP contribution >= 0.6 is 0 Å². The second kappa shape index (κ2) is 8.29. The van der Waals surface area contributed by atoms with E-state index in [1.807, 2.05) is 53.1 Å². The first kappa shape index (κ1) is 19.0. The van der Waals surface area contributed by atoms with Crippen molar-refractivity contribution in [2.75, 3.05) is 0 Å². The predicted molar refractivity (Wildman–Crippen MR) is 99.4 cm³/mol. The summed E-state index contributed by atoms with van der Waals surface area (Å²) in [5.41, 5.74) is 2.80. The van der Waals surface area contributed by atoms with Crippen LogP contribution in [-0.4, -0.2) is 15.2 Å². The average Bonchev–Trinajstić information content (AvgIpc) is 2.68. The van der Waals surface area contributed by atoms with Gasteiger partial charge in [0.2, 0.25) is 6.04 Å². The Balaban J connectivity index is 1.73. The molecule has 0 aromatic carbocycles. The first-order valence-electron chi connectivity index (χ1n) is 9.29. The molecule has 6 heteroatoms. The fraction of sp³-hybridized carbons (Fsp3) is 0.381. The number of hydrogen-bond acceptors (Lipinski definition) is 3. The van der Waals surface area contributed by atoms with Crippen molar-refractivity contribution in [3.05, 3.63) is 77.9 Å². The van der Waals surface area contributed by atoms with Crippen molar-refractivity contribution in [2.45, 2.75) is 52.1 Å². The zero-order valence-electron chi connectivity index (χ0n) is 16.2. The largest absolute Gasteiger partial charge is 0.262 e. The molecule has 3 aromatic rings. The lowest BCUT2D eigenvalue weighted by atomic mass is 10.0. The van der Waals surface area contributed by atoms with Gasteiger partial charge >= 0.3 is 0 Å². The number of halogens is 1. The van der Waals surface area contributed by atoms with Crippen molar-refractivity contribution in [3.63, 3.8) is 0 Å². The fourth-order valence-corrected chi connectivity index (χ4v) is 3.02. The van der Waals surface area contributed by atoms with Gasteiger partial charge in [0, 0.05) is 42.7 Å². The minimum Gasteiger partial charge on any atom is -0.262 e. The van der Waals surface area contributed by atoms with E-state index in [2.05, 4.69) is 30.9 Å². The standard InChI is InChI=1S/C21H26FN5/c1-15(2)21-6-5-10-27(25-21)17(4)18-8-11-26(24-12-18)14-16(3)19-7-9-23-13-20(19)22/h5-13,15-17H,14H2,1-4H3/q+2. The van der Waals surface area contributed by atoms with Gasteiger partial charge in [-0.15, -0.1) is 0 Å². The molecule has 5 nitrogen and oxygen atoms in total. The Kier molecular flexibility index (Phi) is 5.84. The van der Waals surface area contributed by atoms with E-state index in [4.69, 9.17) is 5.10 Å². The zero-order chi connectivity index (χ0) is 19.4. The molecule has 2 unspecified atom stereocenters. The number of pyridine rings is 1. The Morgan fingerprint density at radius 3 is 2.52 bits per heavy atom. The molecule has 27 heavy (non-hydrogen) atoms. The monoisotopic (exact) mass is 367 g/mol. The van der Waals surface area contributed by atoms with Crippen LogP contribution in [0.1, 0.15) is 62.4 Å². The third kappa shape index (κ3) is 4.51. The summed E-state index contributed by atoms with van der Waals surface area (Å²) in [6.45, 7) is 8.96. The predicted octanol–water partition coefficient (Wildman–Crippen LogP) is 3.12. The van der Waals surface area contributed by atoms with Gasteiger partial charge in [-0.05, 0) is 22.3 Å². The van der Waals surface area contributed by atoms with Crippen LogP contribution in [0.2, 0.25) is 0 Å². The Hall–Kier alpha value is -2.76. The molecule has 0 aliphatic heterocycles. The van der Waals surface area contributed by atoms with E-state index >= 15 is 0 Å². The van der Waals surface area contributed by atoms with Gasteiger partial charge in [0.1, 0.15) is 17.7 Å². The van der Waals surface area contributed by atoms with Crippen molar-refractivity contribution in [1.82, 2.24) is 15.2 Å². The van der Waals surface area contributed by atoms with E-state index in [0.717, 1.165) is 11.3 Å². The second-order valence-electron chi connectivity index (χ2n) is 7.22. The Morgan fingerprint density at radius 2 is 1.85 bits per heavy atom. The molecule has 2 atom stereocenters. The first-order valence-corrected chi connectivity index (χ1v) is 9.29. The summed E-state index contributed by atoms with van der Waals surface area (Å²) in [7, 11) is 0. The minimum absolute atomic E-state index is 0.00698. The number of nitrogens with zero attached hydrogens (tertiary/aromatic N) is 5. The number of rotatable bonds is 6. The molecule has 0 fully saturated rings. The number of aromatic nitrogens is 5. The SMILES string of the molecule is CC(C)c1ccc[n+](C(C)c2cc[n+](CC(C)c3ccncc3F)nc2)n1. The van der Waals surface area contributed by atoms with Gasteiger partial charge < -0.3 is 0 Å². The molecule has 3 aromatic heterocycles. The van der Waals surface area contributed by atoms with Gasteiger partial charge in [0.15, 0.2) is 18.9 Å². The summed E-state index contributed by atoms with van der Waals surface area (Å²) in [4.78, 5) is 3.81. The molecule has 3 rings (SSSR count). The normalized spacial score (nSPS) is 13.6. The summed E-state index contributed by atoms with van der Waals surface area (Å²) in [6, 6.07) is 7.93. The molecule has 3 heterocycles. The van der Waals surface area contributed by atoms with Crippen molar-refractivity contribution >= 4 is 0 Å². The van der Waals surface area contributed by atoms with Crippen LogP contribution in [0, 0.1) is 5.82 Å². The van der Waals surface area contributed by atoms with Crippen LogP contribution in [0.25, 0.3) is 0 Å². The van der Waals surface area contributed by atoms with Crippen LogP contribution < -0.4 is 9.36 Å². The summed E-state index contributed by atoms with van der Waals surface area (Å²) < 4.78 is 17.7. The van der Waals surface area contributed by atoms with Crippen molar-refractivity contribution in [2.24, 2.45) is 0 Å². The lowest BCUT2D eigenvalue weighted by molar-refractivity contribution is -0.769. The van der Waals surface area contributed by atoms with Crippen LogP contribution in [0.3, 0.4) is 0 Å². The van der Waals surface area contributed by atoms with Crippen molar-refractivity contribution in [1.29, 1.82) is 0 Å². The van der Waals surface area contributed by atoms with Crippen molar-refractivity contribution in [3.8, 4) is 0 Å². The van der Waals surface area contributed by atoms with E-state index in [1.54, 1.807) is 12.3 Å². The molecule has 0 saturated heterocycles. The lowest BCUT2D eigenvalue weighted by Crippen LogP contribution is -2.44. The minimum atomic E-state index is -0.275. The molecule has 0 bridgehead atoms. The molecule has 0 saturated carbocycles. The van der Waals surface area contributed by atoms with Gasteiger partial charge in [-0.1, -0.05) is 30.1 Å². The molecule has 0 N–H and O–H groups in total. The van der Waals surface area contributed by atoms with Crippen LogP contribution in [0.5, 0.6) is 0 Å². The molecule has 0 radical (unpaired) electrons. The van der Waals surface area contributed by atoms with E-state index in [0.29, 0.717) is 18.0 Å². The highest BCUT2D eigenvalue weighted by molar-refractivity contribution is 5.16. The summed E-state index contributed by atoms with van der Waals surface area (Å²) in [5, 5.41) is 9.22. The lowest BCUT2D eigenvalue weighted by Gasteiger charge is -2.09. The van der Waals surface area contributed by atoms with E-state index in [1.165, 1.54) is 6.20 Å². The maximum Gasteiger partial charge on any atom is 0.208 e. The molecular weight excluding hydrogens is 341 g/mol. The molecule has 0 aliphatic rings. The highest BCUT2D eigenvalue weighted by Gasteiger charge is 2.21. The quantitative estimate of drug-likeness (QED) is 0.629. The van der Waals surface area contributed by atoms with E-state index in [9.17, 15) is 4.39 Å². The first-order chi connectivity index (χ1) is 13.0. The molecule has 0 aliphatic carbocycles. The van der Waals surface area contributed by atoms with E-state index < -0.39 is 0 Å². The molecule has 0 amide bonds. The molecule has 0 spiro atoms. The fourth-order valence-electron chi connectivity index (χ4n) is 3.02. The second-order valence-corrected chi connectivity index (χ2v) is 7.22. The smallest absolute Gasteiger partial charge is 0.208 e. The number of hydrogen-bond donors (Lipinski definition) is 0. The maximum atomic E-state index is 13.9. The third-order valence-electron chi connectivity index (χ3n) is 4.80. The maximum absolute atomic E-state index is 13.9. The van der Waals surface area contributed by atoms with Crippen LogP contribution in [0.15, 0.2) is 55.2 Å². The Morgan fingerprint density at radius 1 is 1.04 bits per heavy atom. The van der Waals surface area contributed by atoms with Gasteiger partial charge in [-0.2, -0.15) is 0 Å². The van der Waals surface area contributed by atoms with Gasteiger partial charge in [0.25, 0.3) is 0 Å². The Bertz CT molecular complexity index is 895. The highest BCUT2D eigenvalue weighted by atomic mass is 19.1.